The second-order valence-corrected chi connectivity index (χ2v) is 7.71. The largest absolute Gasteiger partial charge is 0.493 e. The third kappa shape index (κ3) is 3.90. The first-order valence-electron chi connectivity index (χ1n) is 8.67. The van der Waals surface area contributed by atoms with Gasteiger partial charge in [0.25, 0.3) is 11.8 Å². The zero-order valence-corrected chi connectivity index (χ0v) is 18.7. The van der Waals surface area contributed by atoms with Crippen molar-refractivity contribution in [2.24, 2.45) is 0 Å². The highest BCUT2D eigenvalue weighted by molar-refractivity contribution is 9.10. The lowest BCUT2D eigenvalue weighted by molar-refractivity contribution is -0.122. The van der Waals surface area contributed by atoms with Crippen molar-refractivity contribution in [3.8, 4) is 11.5 Å². The summed E-state index contributed by atoms with van der Waals surface area (Å²) in [7, 11) is 3.01. The zero-order valence-electron chi connectivity index (χ0n) is 16.3. The van der Waals surface area contributed by atoms with E-state index >= 15 is 0 Å². The number of ether oxygens (including phenoxy) is 2. The number of hydrogen-bond acceptors (Lipinski definition) is 5. The fourth-order valence-electron chi connectivity index (χ4n) is 3.08. The molecular formula is C21H19BrN2O4S. The molecule has 0 saturated carbocycles. The summed E-state index contributed by atoms with van der Waals surface area (Å²) in [6, 6.07) is 9.06. The number of carbonyl (C=O) groups excluding carboxylic acids is 2. The Hall–Kier alpha value is -2.71. The Balaban J connectivity index is 2.14. The normalized spacial score (nSPS) is 15.6. The van der Waals surface area contributed by atoms with E-state index in [1.165, 1.54) is 25.2 Å². The molecule has 1 aliphatic rings. The molecule has 8 heteroatoms. The van der Waals surface area contributed by atoms with Crippen molar-refractivity contribution in [1.82, 2.24) is 5.32 Å². The van der Waals surface area contributed by atoms with E-state index in [2.05, 4.69) is 21.2 Å². The number of amides is 2. The number of methoxy groups -OCH3 is 2. The van der Waals surface area contributed by atoms with Crippen LogP contribution in [0.3, 0.4) is 0 Å². The molecule has 0 atom stereocenters. The quantitative estimate of drug-likeness (QED) is 0.413. The Bertz CT molecular complexity index is 1060. The van der Waals surface area contributed by atoms with Crippen LogP contribution >= 0.6 is 28.1 Å². The van der Waals surface area contributed by atoms with Gasteiger partial charge < -0.3 is 9.47 Å². The fraction of sp³-hybridized carbons (Fsp3) is 0.190. The molecule has 150 valence electrons. The van der Waals surface area contributed by atoms with E-state index in [0.717, 1.165) is 11.1 Å². The molecule has 1 fully saturated rings. The Morgan fingerprint density at radius 3 is 2.52 bits per heavy atom. The van der Waals surface area contributed by atoms with Crippen molar-refractivity contribution in [3.05, 3.63) is 57.1 Å². The third-order valence-corrected chi connectivity index (χ3v) is 5.43. The van der Waals surface area contributed by atoms with Crippen molar-refractivity contribution >= 4 is 56.8 Å². The van der Waals surface area contributed by atoms with Gasteiger partial charge in [-0.2, -0.15) is 0 Å². The van der Waals surface area contributed by atoms with Gasteiger partial charge in [0.2, 0.25) is 0 Å². The average molecular weight is 475 g/mol. The first kappa shape index (κ1) is 21.0. The number of nitrogens with one attached hydrogen (secondary N) is 1. The van der Waals surface area contributed by atoms with Crippen molar-refractivity contribution < 1.29 is 19.1 Å². The summed E-state index contributed by atoms with van der Waals surface area (Å²) < 4.78 is 11.5. The molecule has 0 aliphatic carbocycles. The summed E-state index contributed by atoms with van der Waals surface area (Å²) in [6.07, 6.45) is 1.48. The minimum absolute atomic E-state index is 0.0460. The summed E-state index contributed by atoms with van der Waals surface area (Å²) in [5.41, 5.74) is 3.01. The predicted molar refractivity (Wildman–Crippen MR) is 119 cm³/mol. The van der Waals surface area contributed by atoms with E-state index in [4.69, 9.17) is 21.7 Å². The Labute approximate surface area is 182 Å². The first-order chi connectivity index (χ1) is 13.8. The zero-order chi connectivity index (χ0) is 21.3. The van der Waals surface area contributed by atoms with Gasteiger partial charge in [-0.1, -0.05) is 28.1 Å². The number of benzene rings is 2. The van der Waals surface area contributed by atoms with Crippen LogP contribution in [-0.2, 0) is 9.59 Å². The molecule has 3 rings (SSSR count). The summed E-state index contributed by atoms with van der Waals surface area (Å²) in [5.74, 6) is -0.189. The minimum atomic E-state index is -0.567. The van der Waals surface area contributed by atoms with Crippen LogP contribution in [0.1, 0.15) is 16.7 Å². The fourth-order valence-corrected chi connectivity index (χ4v) is 3.80. The molecule has 1 heterocycles. The van der Waals surface area contributed by atoms with Crippen LogP contribution in [-0.4, -0.2) is 31.1 Å². The van der Waals surface area contributed by atoms with Gasteiger partial charge in [-0.15, -0.1) is 0 Å². The van der Waals surface area contributed by atoms with E-state index in [1.807, 2.05) is 26.0 Å². The first-order valence-corrected chi connectivity index (χ1v) is 9.87. The standard InChI is InChI=1S/C21H19BrN2O4S/c1-11-6-5-7-16(12(11)2)24-20(26)15(19(25)23-21(24)29)9-13-8-14(22)10-17(27-3)18(13)28-4/h5-10H,1-4H3,(H,23,25,29)/b15-9+. The van der Waals surface area contributed by atoms with Gasteiger partial charge in [-0.25, -0.2) is 0 Å². The summed E-state index contributed by atoms with van der Waals surface area (Å²) >= 11 is 8.69. The van der Waals surface area contributed by atoms with E-state index in [9.17, 15) is 9.59 Å². The topological polar surface area (TPSA) is 67.9 Å². The highest BCUT2D eigenvalue weighted by Gasteiger charge is 2.35. The molecular weight excluding hydrogens is 456 g/mol. The molecule has 1 N–H and O–H groups in total. The number of thiocarbonyl (C=S) groups is 1. The third-order valence-electron chi connectivity index (χ3n) is 4.69. The smallest absolute Gasteiger partial charge is 0.270 e. The molecule has 2 aromatic carbocycles. The van der Waals surface area contributed by atoms with Gasteiger partial charge in [0.1, 0.15) is 5.57 Å². The molecule has 0 unspecified atom stereocenters. The van der Waals surface area contributed by atoms with Gasteiger partial charge in [-0.3, -0.25) is 19.8 Å². The maximum absolute atomic E-state index is 13.3. The molecule has 2 amide bonds. The second kappa shape index (κ2) is 8.34. The molecule has 1 aliphatic heterocycles. The molecule has 2 aromatic rings. The second-order valence-electron chi connectivity index (χ2n) is 6.41. The highest BCUT2D eigenvalue weighted by atomic mass is 79.9. The number of anilines is 1. The van der Waals surface area contributed by atoms with Gasteiger partial charge >= 0.3 is 0 Å². The monoisotopic (exact) mass is 474 g/mol. The van der Waals surface area contributed by atoms with Crippen LogP contribution in [0.15, 0.2) is 40.4 Å². The predicted octanol–water partition coefficient (Wildman–Crippen LogP) is 3.91. The maximum atomic E-state index is 13.3. The average Bonchev–Trinajstić information content (AvgIpc) is 2.67. The van der Waals surface area contributed by atoms with E-state index in [1.54, 1.807) is 18.2 Å². The van der Waals surface area contributed by atoms with Crippen molar-refractivity contribution in [3.63, 3.8) is 0 Å². The number of rotatable bonds is 4. The SMILES string of the molecule is COc1cc(Br)cc(/C=C2\C(=O)NC(=S)N(c3cccc(C)c3C)C2=O)c1OC. The van der Waals surface area contributed by atoms with E-state index in [0.29, 0.717) is 27.2 Å². The Morgan fingerprint density at radius 1 is 1.14 bits per heavy atom. The molecule has 6 nitrogen and oxygen atoms in total. The number of aryl methyl sites for hydroxylation is 1. The van der Waals surface area contributed by atoms with Gasteiger partial charge in [-0.05, 0) is 61.5 Å². The van der Waals surface area contributed by atoms with Crippen LogP contribution in [0, 0.1) is 13.8 Å². The molecule has 0 bridgehead atoms. The van der Waals surface area contributed by atoms with Gasteiger partial charge in [0.05, 0.1) is 19.9 Å². The number of halogens is 1. The highest BCUT2D eigenvalue weighted by Crippen LogP contribution is 2.36. The summed E-state index contributed by atoms with van der Waals surface area (Å²) in [5, 5.41) is 2.65. The molecule has 0 radical (unpaired) electrons. The number of hydrogen-bond donors (Lipinski definition) is 1. The lowest BCUT2D eigenvalue weighted by Crippen LogP contribution is -2.54. The van der Waals surface area contributed by atoms with E-state index < -0.39 is 11.8 Å². The summed E-state index contributed by atoms with van der Waals surface area (Å²) in [6.45, 7) is 3.85. The van der Waals surface area contributed by atoms with Crippen LogP contribution in [0.5, 0.6) is 11.5 Å². The molecule has 1 saturated heterocycles. The van der Waals surface area contributed by atoms with Crippen LogP contribution < -0.4 is 19.7 Å². The number of nitrogens with zero attached hydrogens (tertiary/aromatic N) is 1. The maximum Gasteiger partial charge on any atom is 0.270 e. The van der Waals surface area contributed by atoms with Crippen LogP contribution in [0.4, 0.5) is 5.69 Å². The Morgan fingerprint density at radius 2 is 1.86 bits per heavy atom. The summed E-state index contributed by atoms with van der Waals surface area (Å²) in [4.78, 5) is 27.2. The lowest BCUT2D eigenvalue weighted by Gasteiger charge is -2.30. The van der Waals surface area contributed by atoms with Crippen molar-refractivity contribution in [1.29, 1.82) is 0 Å². The van der Waals surface area contributed by atoms with Crippen molar-refractivity contribution in [2.45, 2.75) is 13.8 Å². The van der Waals surface area contributed by atoms with Crippen LogP contribution in [0.2, 0.25) is 0 Å². The molecule has 0 aromatic heterocycles. The minimum Gasteiger partial charge on any atom is -0.493 e. The molecule has 0 spiro atoms. The van der Waals surface area contributed by atoms with Crippen molar-refractivity contribution in [2.75, 3.05) is 19.1 Å². The molecule has 29 heavy (non-hydrogen) atoms. The van der Waals surface area contributed by atoms with Crippen LogP contribution in [0.25, 0.3) is 6.08 Å². The number of carbonyl (C=O) groups is 2. The van der Waals surface area contributed by atoms with E-state index in [-0.39, 0.29) is 10.7 Å². The van der Waals surface area contributed by atoms with Gasteiger partial charge in [0, 0.05) is 10.0 Å². The van der Waals surface area contributed by atoms with Gasteiger partial charge in [0.15, 0.2) is 16.6 Å². The Kier molecular flexibility index (Phi) is 6.04. The lowest BCUT2D eigenvalue weighted by atomic mass is 10.0.